The van der Waals surface area contributed by atoms with E-state index in [-0.39, 0.29) is 11.8 Å². The zero-order valence-corrected chi connectivity index (χ0v) is 47.4. The van der Waals surface area contributed by atoms with E-state index in [4.69, 9.17) is 28.4 Å². The van der Waals surface area contributed by atoms with Crippen LogP contribution in [0.1, 0.15) is 112 Å². The topological polar surface area (TPSA) is 158 Å². The molecule has 0 spiro atoms. The van der Waals surface area contributed by atoms with Crippen molar-refractivity contribution in [2.75, 3.05) is 0 Å². The van der Waals surface area contributed by atoms with E-state index in [9.17, 15) is 28.8 Å². The molecule has 6 rings (SSSR count). The summed E-state index contributed by atoms with van der Waals surface area (Å²) in [5, 5.41) is 0. The molecule has 0 aliphatic heterocycles. The zero-order chi connectivity index (χ0) is 58.9. The fourth-order valence-electron chi connectivity index (χ4n) is 9.94. The van der Waals surface area contributed by atoms with Crippen molar-refractivity contribution in [2.45, 2.75) is 94.9 Å². The molecule has 0 bridgehead atoms. The number of carbonyl (C=O) groups excluding carboxylic acids is 6. The Morgan fingerprint density at radius 3 is 0.825 bits per heavy atom. The summed E-state index contributed by atoms with van der Waals surface area (Å²) in [5.74, 6) is -1.90. The fourth-order valence-corrected chi connectivity index (χ4v) is 9.94. The quantitative estimate of drug-likeness (QED) is 0.0249. The SMILES string of the molecule is C=CC(=O)Oc1cc(C)c(C(c2cc(C)c(OC(=O)C=C)c(C)c2)c2cc(C)c(OC(=O)/C=C/C=C/C(=O)Oc3c(C)cc(C(c4cc(C)c(OC(=O)C=C)c(C)c4)c4cc(C)c(OC(=O)C=C)c(C)c4)cc3C)cc2C)cc1C. The lowest BCUT2D eigenvalue weighted by molar-refractivity contribution is -0.130. The lowest BCUT2D eigenvalue weighted by Crippen LogP contribution is -2.12. The van der Waals surface area contributed by atoms with Crippen molar-refractivity contribution < 1.29 is 57.2 Å². The predicted molar refractivity (Wildman–Crippen MR) is 310 cm³/mol. The van der Waals surface area contributed by atoms with Gasteiger partial charge in [0.1, 0.15) is 34.5 Å². The van der Waals surface area contributed by atoms with E-state index in [1.807, 2.05) is 150 Å². The van der Waals surface area contributed by atoms with Crippen LogP contribution in [0.4, 0.5) is 0 Å². The van der Waals surface area contributed by atoms with Crippen molar-refractivity contribution in [1.82, 2.24) is 0 Å². The van der Waals surface area contributed by atoms with Crippen LogP contribution in [0.3, 0.4) is 0 Å². The van der Waals surface area contributed by atoms with E-state index in [0.29, 0.717) is 51.2 Å². The third kappa shape index (κ3) is 14.0. The van der Waals surface area contributed by atoms with Crippen LogP contribution >= 0.6 is 0 Å². The molecule has 6 aromatic rings. The highest BCUT2D eigenvalue weighted by Crippen LogP contribution is 2.44. The van der Waals surface area contributed by atoms with Gasteiger partial charge in [-0.15, -0.1) is 0 Å². The molecule has 0 aromatic heterocycles. The van der Waals surface area contributed by atoms with E-state index in [0.717, 1.165) is 108 Å². The number of rotatable bonds is 19. The Labute approximate surface area is 468 Å². The Bertz CT molecular complexity index is 3450. The standard InChI is InChI=1S/C68H66O12/c1-17-57(69)75-55-35-37(5)53(33-39(55)7)64(52-31-47(15)67(48(16)32-52)79-60(72)20-4)54-34-40(8)56(36-38(54)6)76-61(73)23-21-22-24-62(74)80-68-45(13)29-51(30-46(68)14)63(49-25-41(9)65(42(10)26-49)77-58(70)18-2)50-27-43(11)66(44(12)28-50)78-59(71)19-3/h17-36,63-64H,1-4H2,5-16H3/b23-21+,24-22+. The van der Waals surface area contributed by atoms with Crippen LogP contribution in [0.2, 0.25) is 0 Å². The molecule has 0 amide bonds. The van der Waals surface area contributed by atoms with Gasteiger partial charge >= 0.3 is 35.8 Å². The number of hydrogen-bond donors (Lipinski definition) is 0. The van der Waals surface area contributed by atoms with Crippen molar-refractivity contribution in [2.24, 2.45) is 0 Å². The van der Waals surface area contributed by atoms with Gasteiger partial charge in [0.05, 0.1) is 0 Å². The van der Waals surface area contributed by atoms with Crippen LogP contribution in [-0.4, -0.2) is 35.8 Å². The predicted octanol–water partition coefficient (Wildman–Crippen LogP) is 13.7. The van der Waals surface area contributed by atoms with E-state index < -0.39 is 35.8 Å². The molecule has 80 heavy (non-hydrogen) atoms. The maximum atomic E-state index is 13.3. The lowest BCUT2D eigenvalue weighted by Gasteiger charge is -2.26. The number of ether oxygens (including phenoxy) is 6. The smallest absolute Gasteiger partial charge is 0.336 e. The van der Waals surface area contributed by atoms with Gasteiger partial charge in [0.2, 0.25) is 0 Å². The van der Waals surface area contributed by atoms with Gasteiger partial charge in [-0.25, -0.2) is 28.8 Å². The van der Waals surface area contributed by atoms with Crippen molar-refractivity contribution in [1.29, 1.82) is 0 Å². The molecule has 0 saturated carbocycles. The molecular weight excluding hydrogens is 1010 g/mol. The van der Waals surface area contributed by atoms with Crippen LogP contribution in [0.5, 0.6) is 34.5 Å². The number of carbonyl (C=O) groups is 6. The van der Waals surface area contributed by atoms with Crippen LogP contribution in [-0.2, 0) is 28.8 Å². The Balaban J connectivity index is 1.24. The van der Waals surface area contributed by atoms with E-state index in [1.165, 1.54) is 24.3 Å². The van der Waals surface area contributed by atoms with Gasteiger partial charge < -0.3 is 28.4 Å². The van der Waals surface area contributed by atoms with Gasteiger partial charge in [0.15, 0.2) is 0 Å². The van der Waals surface area contributed by atoms with Gasteiger partial charge in [-0.05, 0) is 195 Å². The highest BCUT2D eigenvalue weighted by molar-refractivity contribution is 5.88. The average Bonchev–Trinajstić information content (AvgIpc) is 3.45. The summed E-state index contributed by atoms with van der Waals surface area (Å²) in [6.45, 7) is 36.6. The summed E-state index contributed by atoms with van der Waals surface area (Å²) in [7, 11) is 0. The van der Waals surface area contributed by atoms with Crippen molar-refractivity contribution in [3.63, 3.8) is 0 Å². The summed E-state index contributed by atoms with van der Waals surface area (Å²) < 4.78 is 34.1. The molecule has 1 atom stereocenters. The van der Waals surface area contributed by atoms with Crippen LogP contribution in [0, 0.1) is 83.1 Å². The Morgan fingerprint density at radius 2 is 0.537 bits per heavy atom. The molecule has 6 aromatic carbocycles. The van der Waals surface area contributed by atoms with Crippen molar-refractivity contribution in [3.05, 3.63) is 248 Å². The van der Waals surface area contributed by atoms with Crippen LogP contribution in [0.15, 0.2) is 148 Å². The van der Waals surface area contributed by atoms with Crippen LogP contribution < -0.4 is 28.4 Å². The molecule has 0 radical (unpaired) electrons. The second-order valence-corrected chi connectivity index (χ2v) is 19.8. The molecule has 12 nitrogen and oxygen atoms in total. The zero-order valence-electron chi connectivity index (χ0n) is 47.4. The van der Waals surface area contributed by atoms with E-state index >= 15 is 0 Å². The van der Waals surface area contributed by atoms with Gasteiger partial charge in [0.25, 0.3) is 0 Å². The van der Waals surface area contributed by atoms with Gasteiger partial charge in [-0.2, -0.15) is 0 Å². The molecule has 0 saturated heterocycles. The third-order valence-corrected chi connectivity index (χ3v) is 13.5. The summed E-state index contributed by atoms with van der Waals surface area (Å²) >= 11 is 0. The molecule has 0 N–H and O–H groups in total. The maximum Gasteiger partial charge on any atom is 0.336 e. The number of benzene rings is 6. The maximum absolute atomic E-state index is 13.3. The lowest BCUT2D eigenvalue weighted by atomic mass is 9.79. The van der Waals surface area contributed by atoms with Crippen molar-refractivity contribution >= 4 is 35.8 Å². The molecule has 0 aliphatic carbocycles. The molecular formula is C68H66O12. The third-order valence-electron chi connectivity index (χ3n) is 13.5. The minimum Gasteiger partial charge on any atom is -0.423 e. The number of aryl methyl sites for hydroxylation is 12. The summed E-state index contributed by atoms with van der Waals surface area (Å²) in [4.78, 5) is 75.5. The molecule has 410 valence electrons. The minimum absolute atomic E-state index is 0.339. The highest BCUT2D eigenvalue weighted by Gasteiger charge is 2.27. The second-order valence-electron chi connectivity index (χ2n) is 19.8. The first-order valence-corrected chi connectivity index (χ1v) is 25.7. The highest BCUT2D eigenvalue weighted by atomic mass is 16.6. The Kier molecular flexibility index (Phi) is 19.3. The molecule has 0 heterocycles. The van der Waals surface area contributed by atoms with Gasteiger partial charge in [0, 0.05) is 48.3 Å². The van der Waals surface area contributed by atoms with Crippen molar-refractivity contribution in [3.8, 4) is 34.5 Å². The molecule has 12 heteroatoms. The molecule has 0 aliphatic rings. The number of hydrogen-bond acceptors (Lipinski definition) is 12. The fraction of sp³-hybridized carbons (Fsp3) is 0.206. The number of allylic oxidation sites excluding steroid dienone is 2. The normalized spacial score (nSPS) is 11.5. The van der Waals surface area contributed by atoms with E-state index in [1.54, 1.807) is 6.07 Å². The number of esters is 6. The minimum atomic E-state index is -0.672. The van der Waals surface area contributed by atoms with Crippen LogP contribution in [0.25, 0.3) is 0 Å². The first kappa shape index (κ1) is 59.8. The average molecular weight is 1080 g/mol. The monoisotopic (exact) mass is 1070 g/mol. The van der Waals surface area contributed by atoms with E-state index in [2.05, 4.69) is 26.3 Å². The van der Waals surface area contributed by atoms with Gasteiger partial charge in [-0.1, -0.05) is 99.1 Å². The Hall–Kier alpha value is -9.42. The first-order valence-electron chi connectivity index (χ1n) is 25.7. The Morgan fingerprint density at radius 1 is 0.300 bits per heavy atom. The first-order chi connectivity index (χ1) is 37.9. The summed E-state index contributed by atoms with van der Waals surface area (Å²) in [5.41, 5.74) is 14.4. The summed E-state index contributed by atoms with van der Waals surface area (Å²) in [6.07, 6.45) is 9.66. The molecule has 0 fully saturated rings. The second kappa shape index (κ2) is 25.8. The largest absolute Gasteiger partial charge is 0.423 e. The summed E-state index contributed by atoms with van der Waals surface area (Å²) in [6, 6.07) is 23.3. The van der Waals surface area contributed by atoms with Gasteiger partial charge in [-0.3, -0.25) is 0 Å². The molecule has 1 unspecified atom stereocenters.